The van der Waals surface area contributed by atoms with Gasteiger partial charge in [-0.1, -0.05) is 188 Å². The van der Waals surface area contributed by atoms with Crippen molar-refractivity contribution in [2.75, 3.05) is 0 Å². The van der Waals surface area contributed by atoms with Crippen molar-refractivity contribution in [2.45, 2.75) is 0 Å². The van der Waals surface area contributed by atoms with Crippen molar-refractivity contribution in [3.63, 3.8) is 0 Å². The van der Waals surface area contributed by atoms with Crippen molar-refractivity contribution >= 4 is 10.9 Å². The van der Waals surface area contributed by atoms with Crippen molar-refractivity contribution in [3.8, 4) is 96.3 Å². The lowest BCUT2D eigenvalue weighted by molar-refractivity contribution is 1.07. The zero-order chi connectivity index (χ0) is 40.3. The summed E-state index contributed by atoms with van der Waals surface area (Å²) in [6.07, 6.45) is 0. The standard InChI is InChI=1S/C54H34N6/c55-35-40-22-7-8-25-41(40)38-23-17-24-39(34-38)52-58-51(37-20-5-2-6-21-37)59-54(60-52)47-31-14-12-29-45(47)43-27-10-9-26-42(43)44-28-11-13-30-46(44)53-56-49-33-16-15-32-48(49)50(57-53)36-18-3-1-4-19-36/h1-34H. The van der Waals surface area contributed by atoms with Crippen LogP contribution in [0.3, 0.4) is 0 Å². The first-order valence-electron chi connectivity index (χ1n) is 19.7. The van der Waals surface area contributed by atoms with Crippen LogP contribution in [0.5, 0.6) is 0 Å². The van der Waals surface area contributed by atoms with Gasteiger partial charge in [0.15, 0.2) is 23.3 Å². The molecular weight excluding hydrogens is 733 g/mol. The number of hydrogen-bond donors (Lipinski definition) is 0. The van der Waals surface area contributed by atoms with Gasteiger partial charge in [-0.25, -0.2) is 24.9 Å². The number of nitriles is 1. The molecule has 0 amide bonds. The second-order valence-corrected chi connectivity index (χ2v) is 14.3. The summed E-state index contributed by atoms with van der Waals surface area (Å²) in [5.41, 5.74) is 12.7. The highest BCUT2D eigenvalue weighted by Gasteiger charge is 2.21. The summed E-state index contributed by atoms with van der Waals surface area (Å²) in [5, 5.41) is 10.9. The molecule has 60 heavy (non-hydrogen) atoms. The quantitative estimate of drug-likeness (QED) is 0.153. The molecule has 0 aliphatic heterocycles. The van der Waals surface area contributed by atoms with E-state index < -0.39 is 0 Å². The Morgan fingerprint density at radius 1 is 0.300 bits per heavy atom. The van der Waals surface area contributed by atoms with Gasteiger partial charge in [-0.15, -0.1) is 0 Å². The fourth-order valence-electron chi connectivity index (χ4n) is 7.79. The smallest absolute Gasteiger partial charge is 0.164 e. The predicted octanol–water partition coefficient (Wildman–Crippen LogP) is 13.0. The Kier molecular flexibility index (Phi) is 9.51. The molecule has 0 N–H and O–H groups in total. The summed E-state index contributed by atoms with van der Waals surface area (Å²) in [5.74, 6) is 2.30. The number of fused-ring (bicyclic) bond motifs is 1. The Hall–Kier alpha value is -8.40. The van der Waals surface area contributed by atoms with Gasteiger partial charge in [0, 0.05) is 33.2 Å². The van der Waals surface area contributed by atoms with E-state index in [4.69, 9.17) is 24.9 Å². The highest BCUT2D eigenvalue weighted by atomic mass is 15.0. The summed E-state index contributed by atoms with van der Waals surface area (Å²) in [4.78, 5) is 25.8. The molecule has 280 valence electrons. The van der Waals surface area contributed by atoms with Gasteiger partial charge < -0.3 is 0 Å². The summed E-state index contributed by atoms with van der Waals surface area (Å²) in [6, 6.07) is 71.5. The maximum atomic E-state index is 9.88. The molecule has 2 aromatic heterocycles. The van der Waals surface area contributed by atoms with Crippen LogP contribution in [-0.4, -0.2) is 24.9 Å². The summed E-state index contributed by atoms with van der Waals surface area (Å²) >= 11 is 0. The third kappa shape index (κ3) is 6.87. The third-order valence-corrected chi connectivity index (χ3v) is 10.6. The van der Waals surface area contributed by atoms with E-state index in [1.165, 1.54) is 0 Å². The second-order valence-electron chi connectivity index (χ2n) is 14.3. The van der Waals surface area contributed by atoms with Crippen molar-refractivity contribution in [1.29, 1.82) is 5.26 Å². The van der Waals surface area contributed by atoms with E-state index in [1.54, 1.807) is 0 Å². The SMILES string of the molecule is N#Cc1ccccc1-c1cccc(-c2nc(-c3ccccc3)nc(-c3ccccc3-c3ccccc3-c3ccccc3-c3nc(-c4ccccc4)c4ccccc4n3)n2)c1. The van der Waals surface area contributed by atoms with Gasteiger partial charge >= 0.3 is 0 Å². The molecule has 0 spiro atoms. The largest absolute Gasteiger partial charge is 0.228 e. The molecule has 10 rings (SSSR count). The van der Waals surface area contributed by atoms with E-state index in [9.17, 15) is 5.26 Å². The molecule has 2 heterocycles. The molecule has 10 aromatic rings. The second kappa shape index (κ2) is 15.9. The Balaban J connectivity index is 1.13. The van der Waals surface area contributed by atoms with Gasteiger partial charge in [-0.2, -0.15) is 5.26 Å². The van der Waals surface area contributed by atoms with E-state index in [1.807, 2.05) is 127 Å². The molecule has 6 heteroatoms. The van der Waals surface area contributed by atoms with Crippen LogP contribution in [0.15, 0.2) is 206 Å². The predicted molar refractivity (Wildman–Crippen MR) is 241 cm³/mol. The molecular formula is C54H34N6. The van der Waals surface area contributed by atoms with E-state index in [0.29, 0.717) is 28.9 Å². The Morgan fingerprint density at radius 3 is 1.37 bits per heavy atom. The molecule has 0 bridgehead atoms. The Morgan fingerprint density at radius 2 is 0.733 bits per heavy atom. The van der Waals surface area contributed by atoms with Crippen molar-refractivity contribution in [3.05, 3.63) is 212 Å². The number of rotatable bonds is 8. The van der Waals surface area contributed by atoms with E-state index in [-0.39, 0.29) is 0 Å². The highest BCUT2D eigenvalue weighted by Crippen LogP contribution is 2.42. The zero-order valence-electron chi connectivity index (χ0n) is 32.3. The number of nitrogens with zero attached hydrogens (tertiary/aromatic N) is 6. The molecule has 0 fully saturated rings. The van der Waals surface area contributed by atoms with Gasteiger partial charge in [0.1, 0.15) is 0 Å². The molecule has 0 aliphatic rings. The van der Waals surface area contributed by atoms with Crippen molar-refractivity contribution in [1.82, 2.24) is 24.9 Å². The number of benzene rings is 8. The van der Waals surface area contributed by atoms with E-state index in [0.717, 1.165) is 77.8 Å². The average molecular weight is 767 g/mol. The van der Waals surface area contributed by atoms with Crippen LogP contribution in [0.1, 0.15) is 5.56 Å². The summed E-state index contributed by atoms with van der Waals surface area (Å²) in [7, 11) is 0. The average Bonchev–Trinajstić information content (AvgIpc) is 3.34. The van der Waals surface area contributed by atoms with Crippen molar-refractivity contribution < 1.29 is 0 Å². The summed E-state index contributed by atoms with van der Waals surface area (Å²) in [6.45, 7) is 0. The highest BCUT2D eigenvalue weighted by molar-refractivity contribution is 5.97. The van der Waals surface area contributed by atoms with Crippen LogP contribution < -0.4 is 0 Å². The van der Waals surface area contributed by atoms with Gasteiger partial charge in [0.25, 0.3) is 0 Å². The zero-order valence-corrected chi connectivity index (χ0v) is 32.3. The minimum atomic E-state index is 0.534. The Labute approximate surface area is 347 Å². The minimum Gasteiger partial charge on any atom is -0.228 e. The fourth-order valence-corrected chi connectivity index (χ4v) is 7.79. The minimum absolute atomic E-state index is 0.534. The molecule has 0 aliphatic carbocycles. The van der Waals surface area contributed by atoms with Crippen LogP contribution in [0.4, 0.5) is 0 Å². The first-order valence-corrected chi connectivity index (χ1v) is 19.7. The fraction of sp³-hybridized carbons (Fsp3) is 0. The van der Waals surface area contributed by atoms with Gasteiger partial charge in [0.05, 0.1) is 22.8 Å². The molecule has 0 atom stereocenters. The van der Waals surface area contributed by atoms with Crippen LogP contribution >= 0.6 is 0 Å². The third-order valence-electron chi connectivity index (χ3n) is 10.6. The van der Waals surface area contributed by atoms with Crippen LogP contribution in [0.25, 0.3) is 101 Å². The first kappa shape index (κ1) is 36.0. The lowest BCUT2D eigenvalue weighted by Gasteiger charge is -2.17. The van der Waals surface area contributed by atoms with Gasteiger partial charge in [-0.05, 0) is 51.6 Å². The molecule has 0 saturated carbocycles. The molecule has 6 nitrogen and oxygen atoms in total. The normalized spacial score (nSPS) is 11.0. The topological polar surface area (TPSA) is 88.2 Å². The van der Waals surface area contributed by atoms with Crippen LogP contribution in [-0.2, 0) is 0 Å². The molecule has 0 radical (unpaired) electrons. The lowest BCUT2D eigenvalue weighted by Crippen LogP contribution is -2.01. The molecule has 8 aromatic carbocycles. The number of aromatic nitrogens is 5. The van der Waals surface area contributed by atoms with Crippen LogP contribution in [0.2, 0.25) is 0 Å². The first-order chi connectivity index (χ1) is 29.7. The number of para-hydroxylation sites is 1. The van der Waals surface area contributed by atoms with E-state index in [2.05, 4.69) is 84.9 Å². The van der Waals surface area contributed by atoms with E-state index >= 15 is 0 Å². The monoisotopic (exact) mass is 766 g/mol. The van der Waals surface area contributed by atoms with Gasteiger partial charge in [-0.3, -0.25) is 0 Å². The van der Waals surface area contributed by atoms with Gasteiger partial charge in [0.2, 0.25) is 0 Å². The molecule has 0 saturated heterocycles. The van der Waals surface area contributed by atoms with Crippen LogP contribution in [0, 0.1) is 11.3 Å². The Bertz CT molecular complexity index is 3230. The maximum Gasteiger partial charge on any atom is 0.164 e. The molecule has 0 unspecified atom stereocenters. The summed E-state index contributed by atoms with van der Waals surface area (Å²) < 4.78 is 0. The maximum absolute atomic E-state index is 9.88. The van der Waals surface area contributed by atoms with Crippen molar-refractivity contribution in [2.24, 2.45) is 0 Å². The lowest BCUT2D eigenvalue weighted by atomic mass is 9.89. The number of hydrogen-bond acceptors (Lipinski definition) is 6.